The van der Waals surface area contributed by atoms with Gasteiger partial charge in [0.2, 0.25) is 11.8 Å². The van der Waals surface area contributed by atoms with Gasteiger partial charge in [0, 0.05) is 0 Å². The third-order valence-corrected chi connectivity index (χ3v) is 16.7. The first kappa shape index (κ1) is 40.4. The van der Waals surface area contributed by atoms with Crippen LogP contribution < -0.4 is 10.4 Å². The molecule has 3 amide bonds. The van der Waals surface area contributed by atoms with Gasteiger partial charge in [0.15, 0.2) is 0 Å². The number of phenols is 1. The minimum Gasteiger partial charge on any atom is -0.507 e. The van der Waals surface area contributed by atoms with Gasteiger partial charge >= 0.3 is 13.2 Å². The molecule has 55 heavy (non-hydrogen) atoms. The Kier molecular flexibility index (Phi) is 12.1. The molecular weight excluding hydrogens is 709 g/mol. The molecule has 2 N–H and O–H groups in total. The van der Waals surface area contributed by atoms with Crippen LogP contribution in [-0.2, 0) is 23.4 Å². The number of carbonyl (C=O) groups is 3. The maximum Gasteiger partial charge on any atom is 0.455 e. The zero-order chi connectivity index (χ0) is 39.7. The third-order valence-electron chi connectivity index (χ3n) is 11.7. The van der Waals surface area contributed by atoms with E-state index in [-0.39, 0.29) is 24.4 Å². The Hall–Kier alpha value is -4.29. The highest BCUT2D eigenvalue weighted by molar-refractivity contribution is 6.99. The van der Waals surface area contributed by atoms with Crippen LogP contribution in [-0.4, -0.2) is 68.2 Å². The Labute approximate surface area is 326 Å². The number of rotatable bonds is 11. The zero-order valence-corrected chi connectivity index (χ0v) is 34.1. The van der Waals surface area contributed by atoms with Crippen molar-refractivity contribution in [1.82, 2.24) is 4.90 Å². The number of ether oxygens (including phenoxy) is 1. The minimum absolute atomic E-state index is 0.119. The Morgan fingerprint density at radius 3 is 2.11 bits per heavy atom. The van der Waals surface area contributed by atoms with E-state index in [0.29, 0.717) is 23.5 Å². The number of hydrogen-bond donors (Lipinski definition) is 2. The van der Waals surface area contributed by atoms with Crippen LogP contribution in [0.5, 0.6) is 5.75 Å². The van der Waals surface area contributed by atoms with Crippen molar-refractivity contribution in [3.05, 3.63) is 106 Å². The Morgan fingerprint density at radius 2 is 1.56 bits per heavy atom. The van der Waals surface area contributed by atoms with Gasteiger partial charge in [-0.2, -0.15) is 4.90 Å². The zero-order valence-electron chi connectivity index (χ0n) is 33.1. The summed E-state index contributed by atoms with van der Waals surface area (Å²) in [6.07, 6.45) is 3.97. The maximum absolute atomic E-state index is 14.0. The molecule has 3 aromatic rings. The second-order valence-corrected chi connectivity index (χ2v) is 20.7. The standard InChI is InChI=1S/C44H54BNO8Si/c1-8-15-30(24-31-22-28(2)40(47)29(3)23-31)20-21-37-38-32(25-35-39(36(38)26-45(51)54-37)42(49)46(41(35)48)43(50)52-7)27-53-55(44(4,5)6,33-16-11-9-12-17-33)34-18-13-10-14-19-34/h9-14,16-19,22-24,35-37,39,47,51H,8,15,20-21,25-27H2,1-7H3/b30-24+/t35-,36+,37-,39-/m1/s1. The van der Waals surface area contributed by atoms with E-state index in [2.05, 4.69) is 58.0 Å². The molecule has 6 rings (SSSR count). The highest BCUT2D eigenvalue weighted by Gasteiger charge is 2.60. The largest absolute Gasteiger partial charge is 0.507 e. The van der Waals surface area contributed by atoms with Gasteiger partial charge in [-0.15, -0.1) is 0 Å². The maximum atomic E-state index is 14.0. The van der Waals surface area contributed by atoms with E-state index in [9.17, 15) is 24.5 Å². The summed E-state index contributed by atoms with van der Waals surface area (Å²) in [5.41, 5.74) is 5.62. The molecule has 1 aliphatic carbocycles. The normalized spacial score (nSPS) is 21.9. The molecule has 0 bridgehead atoms. The lowest BCUT2D eigenvalue weighted by atomic mass is 9.58. The van der Waals surface area contributed by atoms with Gasteiger partial charge in [-0.3, -0.25) is 9.59 Å². The Bertz CT molecular complexity index is 1910. The molecule has 290 valence electrons. The van der Waals surface area contributed by atoms with Crippen LogP contribution in [0, 0.1) is 31.6 Å². The second-order valence-electron chi connectivity index (χ2n) is 16.3. The van der Waals surface area contributed by atoms with Crippen molar-refractivity contribution in [1.29, 1.82) is 0 Å². The fourth-order valence-electron chi connectivity index (χ4n) is 9.34. The van der Waals surface area contributed by atoms with Crippen molar-refractivity contribution in [2.45, 2.75) is 91.1 Å². The summed E-state index contributed by atoms with van der Waals surface area (Å²) in [5, 5.41) is 23.6. The number of aromatic hydroxyl groups is 1. The lowest BCUT2D eigenvalue weighted by Gasteiger charge is -2.46. The summed E-state index contributed by atoms with van der Waals surface area (Å²) >= 11 is 0. The summed E-state index contributed by atoms with van der Waals surface area (Å²) in [4.78, 5) is 41.4. The first-order valence-electron chi connectivity index (χ1n) is 19.5. The summed E-state index contributed by atoms with van der Waals surface area (Å²) < 4.78 is 18.7. The minimum atomic E-state index is -3.02. The molecule has 2 saturated heterocycles. The average Bonchev–Trinajstić information content (AvgIpc) is 3.41. The van der Waals surface area contributed by atoms with Gasteiger partial charge < -0.3 is 23.9 Å². The number of hydrogen-bond acceptors (Lipinski definition) is 8. The molecule has 2 fully saturated rings. The quantitative estimate of drug-likeness (QED) is 0.120. The Morgan fingerprint density at radius 1 is 0.964 bits per heavy atom. The van der Waals surface area contributed by atoms with Crippen LogP contribution in [0.1, 0.15) is 76.5 Å². The molecular formula is C44H54BNO8Si. The van der Waals surface area contributed by atoms with Crippen molar-refractivity contribution < 1.29 is 38.3 Å². The number of benzene rings is 3. The van der Waals surface area contributed by atoms with E-state index in [1.165, 1.54) is 5.57 Å². The second kappa shape index (κ2) is 16.4. The molecule has 0 radical (unpaired) electrons. The fraction of sp³-hybridized carbons (Fsp3) is 0.432. The molecule has 3 aliphatic rings. The van der Waals surface area contributed by atoms with Crippen LogP contribution >= 0.6 is 0 Å². The van der Waals surface area contributed by atoms with Crippen LogP contribution in [0.15, 0.2) is 89.5 Å². The molecule has 0 saturated carbocycles. The molecule has 0 spiro atoms. The van der Waals surface area contributed by atoms with Crippen molar-refractivity contribution in [2.24, 2.45) is 17.8 Å². The van der Waals surface area contributed by atoms with Gasteiger partial charge in [-0.1, -0.05) is 106 Å². The molecule has 4 atom stereocenters. The fourth-order valence-corrected chi connectivity index (χ4v) is 13.9. The van der Waals surface area contributed by atoms with Crippen molar-refractivity contribution in [3.63, 3.8) is 0 Å². The number of nitrogens with zero attached hydrogens (tertiary/aromatic N) is 1. The number of phenolic OH excluding ortho intramolecular Hbond substituents is 1. The first-order valence-corrected chi connectivity index (χ1v) is 21.4. The SMILES string of the molecule is CCC/C(=C\c1cc(C)c(O)c(C)c1)CC[C@H]1OB(O)C[C@H]2C1=C(CO[Si](c1ccccc1)(c1ccccc1)C(C)(C)C)C[C@H]1C(=O)N(C(=O)OC)C(=O)[C@H]12. The monoisotopic (exact) mass is 763 g/mol. The lowest BCUT2D eigenvalue weighted by molar-refractivity contribution is -0.137. The third kappa shape index (κ3) is 7.77. The molecule has 9 nitrogen and oxygen atoms in total. The lowest BCUT2D eigenvalue weighted by Crippen LogP contribution is -2.66. The topological polar surface area (TPSA) is 123 Å². The molecule has 0 unspecified atom stereocenters. The number of methoxy groups -OCH3 is 1. The van der Waals surface area contributed by atoms with Crippen molar-refractivity contribution in [2.75, 3.05) is 13.7 Å². The highest BCUT2D eigenvalue weighted by atomic mass is 28.4. The van der Waals surface area contributed by atoms with Crippen LogP contribution in [0.2, 0.25) is 11.4 Å². The molecule has 3 aromatic carbocycles. The van der Waals surface area contributed by atoms with E-state index >= 15 is 0 Å². The van der Waals surface area contributed by atoms with E-state index < -0.39 is 57.2 Å². The van der Waals surface area contributed by atoms with E-state index in [0.717, 1.165) is 58.2 Å². The van der Waals surface area contributed by atoms with Gasteiger partial charge in [0.1, 0.15) is 5.75 Å². The highest BCUT2D eigenvalue weighted by Crippen LogP contribution is 2.51. The number of amides is 3. The number of fused-ring (bicyclic) bond motifs is 3. The first-order chi connectivity index (χ1) is 26.2. The van der Waals surface area contributed by atoms with Gasteiger partial charge in [0.05, 0.1) is 31.7 Å². The van der Waals surface area contributed by atoms with E-state index in [1.54, 1.807) is 0 Å². The summed E-state index contributed by atoms with van der Waals surface area (Å²) in [7, 11) is -3.02. The number of aryl methyl sites for hydroxylation is 2. The summed E-state index contributed by atoms with van der Waals surface area (Å²) in [6.45, 7) is 12.8. The molecule has 11 heteroatoms. The van der Waals surface area contributed by atoms with Gasteiger partial charge in [-0.05, 0) is 107 Å². The number of likely N-dealkylation sites (tertiary alicyclic amines) is 1. The molecule has 2 aliphatic heterocycles. The smallest absolute Gasteiger partial charge is 0.455 e. The van der Waals surface area contributed by atoms with Gasteiger partial charge in [0.25, 0.3) is 8.32 Å². The van der Waals surface area contributed by atoms with Crippen molar-refractivity contribution >= 4 is 49.8 Å². The van der Waals surface area contributed by atoms with Crippen LogP contribution in [0.25, 0.3) is 6.08 Å². The van der Waals surface area contributed by atoms with Crippen molar-refractivity contribution in [3.8, 4) is 5.75 Å². The summed E-state index contributed by atoms with van der Waals surface area (Å²) in [6, 6.07) is 24.7. The predicted octanol–water partition coefficient (Wildman–Crippen LogP) is 7.11. The summed E-state index contributed by atoms with van der Waals surface area (Å²) in [5.74, 6) is -3.01. The van der Waals surface area contributed by atoms with Crippen LogP contribution in [0.4, 0.5) is 4.79 Å². The van der Waals surface area contributed by atoms with E-state index in [1.807, 2.05) is 62.4 Å². The van der Waals surface area contributed by atoms with Crippen LogP contribution in [0.3, 0.4) is 0 Å². The Balaban J connectivity index is 1.44. The van der Waals surface area contributed by atoms with Gasteiger partial charge in [-0.25, -0.2) is 4.79 Å². The average molecular weight is 764 g/mol. The molecule has 0 aromatic heterocycles. The number of imide groups is 3. The van der Waals surface area contributed by atoms with E-state index in [4.69, 9.17) is 13.8 Å². The predicted molar refractivity (Wildman–Crippen MR) is 217 cm³/mol. The molecule has 2 heterocycles. The number of allylic oxidation sites excluding steroid dienone is 1. The number of carbonyl (C=O) groups excluding carboxylic acids is 3.